The number of esters is 1. The number of cyclic esters (lactones) is 1. The van der Waals surface area contributed by atoms with Gasteiger partial charge in [0.05, 0.1) is 18.7 Å². The first kappa shape index (κ1) is 29.8. The van der Waals surface area contributed by atoms with Gasteiger partial charge in [0.15, 0.2) is 5.12 Å². The predicted molar refractivity (Wildman–Crippen MR) is 140 cm³/mol. The van der Waals surface area contributed by atoms with Crippen molar-refractivity contribution in [2.45, 2.75) is 66.2 Å². The number of hydrogen-bond donors (Lipinski definition) is 3. The molecule has 1 aromatic rings. The molecule has 10 nitrogen and oxygen atoms in total. The summed E-state index contributed by atoms with van der Waals surface area (Å²) in [6, 6.07) is 3.70. The largest absolute Gasteiger partial charge is 0.456 e. The zero-order chi connectivity index (χ0) is 27.6. The van der Waals surface area contributed by atoms with Crippen molar-refractivity contribution in [3.8, 4) is 0 Å². The van der Waals surface area contributed by atoms with Crippen molar-refractivity contribution >= 4 is 40.6 Å². The second kappa shape index (κ2) is 13.7. The number of ether oxygens (including phenoxy) is 1. The summed E-state index contributed by atoms with van der Waals surface area (Å²) in [7, 11) is 0. The first-order valence-corrected chi connectivity index (χ1v) is 12.9. The zero-order valence-corrected chi connectivity index (χ0v) is 22.6. The minimum Gasteiger partial charge on any atom is -0.456 e. The fourth-order valence-corrected chi connectivity index (χ4v) is 3.86. The molecule has 1 aliphatic heterocycles. The first-order chi connectivity index (χ1) is 17.4. The topological polar surface area (TPSA) is 144 Å². The number of nitrogens with zero attached hydrogens (tertiary/aromatic N) is 1. The molecule has 0 radical (unpaired) electrons. The molecule has 2 heterocycles. The van der Waals surface area contributed by atoms with Gasteiger partial charge in [0.1, 0.15) is 23.5 Å². The molecular formula is C26H34N4O6S. The highest BCUT2D eigenvalue weighted by Crippen LogP contribution is 2.22. The van der Waals surface area contributed by atoms with Gasteiger partial charge in [0.2, 0.25) is 5.91 Å². The first-order valence-electron chi connectivity index (χ1n) is 11.9. The quantitative estimate of drug-likeness (QED) is 0.233. The summed E-state index contributed by atoms with van der Waals surface area (Å²) in [5.74, 6) is -1.83. The van der Waals surface area contributed by atoms with Crippen LogP contribution in [0, 0.1) is 5.41 Å². The Hall–Kier alpha value is -3.47. The second-order valence-corrected chi connectivity index (χ2v) is 10.7. The molecule has 2 rings (SSSR count). The van der Waals surface area contributed by atoms with Gasteiger partial charge in [0, 0.05) is 12.7 Å². The minimum absolute atomic E-state index is 0.00189. The van der Waals surface area contributed by atoms with Gasteiger partial charge in [-0.05, 0) is 37.0 Å². The molecular weight excluding hydrogens is 496 g/mol. The van der Waals surface area contributed by atoms with Crippen LogP contribution in [0.25, 0.3) is 0 Å². The van der Waals surface area contributed by atoms with E-state index >= 15 is 0 Å². The van der Waals surface area contributed by atoms with E-state index in [1.54, 1.807) is 52.0 Å². The molecule has 2 bridgehead atoms. The number of nitrogens with one attached hydrogen (secondary N) is 3. The van der Waals surface area contributed by atoms with Crippen molar-refractivity contribution in [3.63, 3.8) is 0 Å². The number of amides is 3. The Morgan fingerprint density at radius 2 is 1.92 bits per heavy atom. The van der Waals surface area contributed by atoms with Crippen molar-refractivity contribution < 1.29 is 28.7 Å². The van der Waals surface area contributed by atoms with Crippen molar-refractivity contribution in [2.24, 2.45) is 5.41 Å². The Morgan fingerprint density at radius 1 is 1.19 bits per heavy atom. The third-order valence-corrected chi connectivity index (χ3v) is 6.11. The third-order valence-electron chi connectivity index (χ3n) is 5.26. The molecule has 3 N–H and O–H groups in total. The van der Waals surface area contributed by atoms with Crippen LogP contribution in [-0.4, -0.2) is 51.7 Å². The van der Waals surface area contributed by atoms with Crippen LogP contribution in [0.4, 0.5) is 0 Å². The SMILES string of the molecule is C/C=C1\NC(=O)c2cccc(n2)CNC(=O)C[C@@H](/C=C/CCSC(C)=O)OC(=O)[C@H](C(C)(C)C)NC1=O. The van der Waals surface area contributed by atoms with E-state index < -0.39 is 41.3 Å². The van der Waals surface area contributed by atoms with Crippen LogP contribution in [0.1, 0.15) is 63.6 Å². The molecule has 1 aliphatic rings. The number of pyridine rings is 1. The third kappa shape index (κ3) is 9.83. The lowest BCUT2D eigenvalue weighted by Gasteiger charge is -2.31. The highest BCUT2D eigenvalue weighted by Gasteiger charge is 2.36. The van der Waals surface area contributed by atoms with Gasteiger partial charge >= 0.3 is 5.97 Å². The summed E-state index contributed by atoms with van der Waals surface area (Å²) >= 11 is 1.18. The summed E-state index contributed by atoms with van der Waals surface area (Å²) < 4.78 is 5.67. The van der Waals surface area contributed by atoms with E-state index in [4.69, 9.17) is 4.74 Å². The van der Waals surface area contributed by atoms with Gasteiger partial charge in [-0.2, -0.15) is 0 Å². The van der Waals surface area contributed by atoms with Crippen molar-refractivity contribution in [1.29, 1.82) is 0 Å². The van der Waals surface area contributed by atoms with E-state index in [9.17, 15) is 24.0 Å². The lowest BCUT2D eigenvalue weighted by Crippen LogP contribution is -2.52. The molecule has 0 spiro atoms. The van der Waals surface area contributed by atoms with Crippen LogP contribution in [0.3, 0.4) is 0 Å². The van der Waals surface area contributed by atoms with E-state index in [1.807, 2.05) is 0 Å². The molecule has 0 saturated carbocycles. The smallest absolute Gasteiger partial charge is 0.329 e. The maximum Gasteiger partial charge on any atom is 0.329 e. The van der Waals surface area contributed by atoms with Crippen molar-refractivity contribution in [1.82, 2.24) is 20.9 Å². The van der Waals surface area contributed by atoms with Gasteiger partial charge in [-0.25, -0.2) is 9.78 Å². The standard InChI is InChI=1S/C26H34N4O6S/c1-6-19-23(33)30-22(26(3,4)5)25(35)36-18(11-7-8-13-37-16(2)31)14-21(32)27-15-17-10-9-12-20(28-17)24(34)29-19/h6-7,9-12,18,22H,8,13-15H2,1-5H3,(H,27,32)(H,29,34)(H,30,33)/b11-7+,19-6-/t18-,22-/m1/s1. The molecule has 0 aromatic carbocycles. The summed E-state index contributed by atoms with van der Waals surface area (Å²) in [6.07, 6.45) is 4.27. The Labute approximate surface area is 221 Å². The lowest BCUT2D eigenvalue weighted by molar-refractivity contribution is -0.154. The molecule has 0 unspecified atom stereocenters. The van der Waals surface area contributed by atoms with Crippen LogP contribution in [0.2, 0.25) is 0 Å². The van der Waals surface area contributed by atoms with E-state index in [2.05, 4.69) is 20.9 Å². The number of rotatable bonds is 4. The van der Waals surface area contributed by atoms with Crippen LogP contribution in [0.15, 0.2) is 42.1 Å². The number of thioether (sulfide) groups is 1. The number of aromatic nitrogens is 1. The molecule has 3 amide bonds. The van der Waals surface area contributed by atoms with Gasteiger partial charge in [-0.1, -0.05) is 50.8 Å². The molecule has 1 aromatic heterocycles. The van der Waals surface area contributed by atoms with Crippen LogP contribution >= 0.6 is 11.8 Å². The fraction of sp³-hybridized carbons (Fsp3) is 0.462. The van der Waals surface area contributed by atoms with Gasteiger partial charge in [0.25, 0.3) is 11.8 Å². The Bertz CT molecular complexity index is 1090. The summed E-state index contributed by atoms with van der Waals surface area (Å²) in [6.45, 7) is 8.41. The summed E-state index contributed by atoms with van der Waals surface area (Å²) in [5, 5.41) is 7.92. The fourth-order valence-electron chi connectivity index (χ4n) is 3.32. The molecule has 2 atom stereocenters. The Balaban J connectivity index is 2.38. The van der Waals surface area contributed by atoms with E-state index in [-0.39, 0.29) is 29.5 Å². The molecule has 200 valence electrons. The summed E-state index contributed by atoms with van der Waals surface area (Å²) in [5.41, 5.74) is -0.273. The van der Waals surface area contributed by atoms with Gasteiger partial charge in [-0.15, -0.1) is 0 Å². The highest BCUT2D eigenvalue weighted by atomic mass is 32.2. The van der Waals surface area contributed by atoms with Gasteiger partial charge < -0.3 is 20.7 Å². The highest BCUT2D eigenvalue weighted by molar-refractivity contribution is 8.13. The van der Waals surface area contributed by atoms with E-state index in [1.165, 1.54) is 30.8 Å². The molecule has 0 saturated heterocycles. The summed E-state index contributed by atoms with van der Waals surface area (Å²) in [4.78, 5) is 67.0. The van der Waals surface area contributed by atoms with Crippen molar-refractivity contribution in [3.05, 3.63) is 53.5 Å². The minimum atomic E-state index is -1.08. The van der Waals surface area contributed by atoms with Crippen LogP contribution in [0.5, 0.6) is 0 Å². The van der Waals surface area contributed by atoms with Crippen molar-refractivity contribution in [2.75, 3.05) is 5.75 Å². The van der Waals surface area contributed by atoms with Crippen LogP contribution < -0.4 is 16.0 Å². The van der Waals surface area contributed by atoms with Crippen LogP contribution in [-0.2, 0) is 30.5 Å². The number of carbonyl (C=O) groups is 5. The lowest BCUT2D eigenvalue weighted by atomic mass is 9.86. The number of carbonyl (C=O) groups excluding carboxylic acids is 5. The Kier molecular flexibility index (Phi) is 11.0. The number of fused-ring (bicyclic) bond motifs is 2. The number of hydrogen-bond acceptors (Lipinski definition) is 8. The number of allylic oxidation sites excluding steroid dienone is 2. The normalized spacial score (nSPS) is 21.3. The molecule has 0 fully saturated rings. The average Bonchev–Trinajstić information content (AvgIpc) is 2.82. The van der Waals surface area contributed by atoms with E-state index in [0.29, 0.717) is 17.9 Å². The maximum atomic E-state index is 13.2. The zero-order valence-electron chi connectivity index (χ0n) is 21.8. The van der Waals surface area contributed by atoms with E-state index in [0.717, 1.165) is 0 Å². The Morgan fingerprint density at radius 3 is 2.57 bits per heavy atom. The average molecular weight is 531 g/mol. The van der Waals surface area contributed by atoms with Gasteiger partial charge in [-0.3, -0.25) is 19.2 Å². The molecule has 37 heavy (non-hydrogen) atoms. The maximum absolute atomic E-state index is 13.2. The predicted octanol–water partition coefficient (Wildman–Crippen LogP) is 2.40. The second-order valence-electron chi connectivity index (χ2n) is 9.46. The molecule has 0 aliphatic carbocycles. The monoisotopic (exact) mass is 530 g/mol. The molecule has 11 heteroatoms.